The fourth-order valence-corrected chi connectivity index (χ4v) is 6.36. The third-order valence-corrected chi connectivity index (χ3v) is 7.32. The summed E-state index contributed by atoms with van der Waals surface area (Å²) in [4.78, 5) is 15.5. The maximum atomic E-state index is 13.2. The van der Waals surface area contributed by atoms with Crippen LogP contribution in [0.2, 0.25) is 0 Å². The predicted molar refractivity (Wildman–Crippen MR) is 89.4 cm³/mol. The van der Waals surface area contributed by atoms with E-state index >= 15 is 0 Å². The van der Waals surface area contributed by atoms with Crippen LogP contribution >= 0.6 is 0 Å². The molecular formula is C20H33NO. The first-order valence-electron chi connectivity index (χ1n) is 9.77. The van der Waals surface area contributed by atoms with Gasteiger partial charge in [-0.05, 0) is 87.4 Å². The molecule has 0 unspecified atom stereocenters. The van der Waals surface area contributed by atoms with Crippen molar-refractivity contribution < 1.29 is 4.79 Å². The summed E-state index contributed by atoms with van der Waals surface area (Å²) in [6, 6.07) is 0.979. The van der Waals surface area contributed by atoms with E-state index in [2.05, 4.69) is 25.7 Å². The predicted octanol–water partition coefficient (Wildman–Crippen LogP) is 4.63. The number of rotatable bonds is 5. The SMILES string of the molecule is CC(C)[C@@H](C)N(C(=O)CC12CC3CC(CC(C3)C1)C2)C1CC1. The van der Waals surface area contributed by atoms with Gasteiger partial charge in [-0.15, -0.1) is 0 Å². The summed E-state index contributed by atoms with van der Waals surface area (Å²) in [6.45, 7) is 6.79. The van der Waals surface area contributed by atoms with E-state index in [-0.39, 0.29) is 0 Å². The minimum atomic E-state index is 0.398. The molecule has 0 aromatic heterocycles. The highest BCUT2D eigenvalue weighted by Crippen LogP contribution is 2.61. The van der Waals surface area contributed by atoms with Crippen molar-refractivity contribution >= 4 is 5.91 Å². The minimum Gasteiger partial charge on any atom is -0.337 e. The van der Waals surface area contributed by atoms with Crippen LogP contribution in [0.15, 0.2) is 0 Å². The molecule has 5 rings (SSSR count). The quantitative estimate of drug-likeness (QED) is 0.725. The number of nitrogens with zero attached hydrogens (tertiary/aromatic N) is 1. The molecule has 5 aliphatic rings. The molecular weight excluding hydrogens is 270 g/mol. The molecule has 1 atom stereocenters. The number of hydrogen-bond acceptors (Lipinski definition) is 1. The molecule has 22 heavy (non-hydrogen) atoms. The highest BCUT2D eigenvalue weighted by atomic mass is 16.2. The molecule has 0 N–H and O–H groups in total. The number of carbonyl (C=O) groups is 1. The second-order valence-electron chi connectivity index (χ2n) is 9.61. The van der Waals surface area contributed by atoms with Gasteiger partial charge in [0.1, 0.15) is 0 Å². The molecule has 0 heterocycles. The van der Waals surface area contributed by atoms with Crippen LogP contribution in [0.3, 0.4) is 0 Å². The standard InChI is InChI=1S/C20H33NO/c1-13(2)14(3)21(18-4-5-18)19(22)12-20-9-15-6-16(10-20)8-17(7-15)11-20/h13-18H,4-12H2,1-3H3/t14-,15?,16?,17?,20?/m1/s1. The van der Waals surface area contributed by atoms with E-state index in [4.69, 9.17) is 0 Å². The van der Waals surface area contributed by atoms with Crippen LogP contribution in [0.4, 0.5) is 0 Å². The molecule has 1 amide bonds. The fraction of sp³-hybridized carbons (Fsp3) is 0.950. The lowest BCUT2D eigenvalue weighted by molar-refractivity contribution is -0.143. The summed E-state index contributed by atoms with van der Waals surface area (Å²) in [5, 5.41) is 0. The maximum absolute atomic E-state index is 13.2. The van der Waals surface area contributed by atoms with Crippen LogP contribution in [0.25, 0.3) is 0 Å². The fourth-order valence-electron chi connectivity index (χ4n) is 6.36. The molecule has 2 nitrogen and oxygen atoms in total. The van der Waals surface area contributed by atoms with Crippen molar-refractivity contribution in [2.75, 3.05) is 0 Å². The lowest BCUT2D eigenvalue weighted by Crippen LogP contribution is -2.50. The van der Waals surface area contributed by atoms with Crippen molar-refractivity contribution in [1.29, 1.82) is 0 Å². The Morgan fingerprint density at radius 1 is 1.00 bits per heavy atom. The maximum Gasteiger partial charge on any atom is 0.223 e. The number of carbonyl (C=O) groups excluding carboxylic acids is 1. The molecule has 2 heteroatoms. The van der Waals surface area contributed by atoms with Crippen LogP contribution < -0.4 is 0 Å². The van der Waals surface area contributed by atoms with Gasteiger partial charge < -0.3 is 4.90 Å². The van der Waals surface area contributed by atoms with Crippen molar-refractivity contribution in [3.63, 3.8) is 0 Å². The molecule has 0 aromatic rings. The van der Waals surface area contributed by atoms with Gasteiger partial charge in [0.2, 0.25) is 5.91 Å². The van der Waals surface area contributed by atoms with Crippen LogP contribution in [-0.2, 0) is 4.79 Å². The van der Waals surface area contributed by atoms with Gasteiger partial charge in [-0.1, -0.05) is 13.8 Å². The lowest BCUT2D eigenvalue weighted by Gasteiger charge is -2.57. The first kappa shape index (κ1) is 15.0. The average Bonchev–Trinajstić information content (AvgIpc) is 3.20. The summed E-state index contributed by atoms with van der Waals surface area (Å²) in [6.07, 6.45) is 11.8. The summed E-state index contributed by atoms with van der Waals surface area (Å²) in [5.41, 5.74) is 0.398. The summed E-state index contributed by atoms with van der Waals surface area (Å²) in [7, 11) is 0. The molecule has 5 saturated carbocycles. The molecule has 5 fully saturated rings. The van der Waals surface area contributed by atoms with Gasteiger partial charge in [0.25, 0.3) is 0 Å². The zero-order valence-electron chi connectivity index (χ0n) is 14.7. The molecule has 0 radical (unpaired) electrons. The Morgan fingerprint density at radius 3 is 1.91 bits per heavy atom. The molecule has 5 aliphatic carbocycles. The van der Waals surface area contributed by atoms with Crippen molar-refractivity contribution in [3.8, 4) is 0 Å². The Hall–Kier alpha value is -0.530. The summed E-state index contributed by atoms with van der Waals surface area (Å²) in [5.74, 6) is 3.93. The third kappa shape index (κ3) is 2.61. The smallest absolute Gasteiger partial charge is 0.223 e. The zero-order chi connectivity index (χ0) is 15.5. The second-order valence-corrected chi connectivity index (χ2v) is 9.61. The highest BCUT2D eigenvalue weighted by molar-refractivity contribution is 5.78. The summed E-state index contributed by atoms with van der Waals surface area (Å²) < 4.78 is 0. The Morgan fingerprint density at radius 2 is 1.50 bits per heavy atom. The van der Waals surface area contributed by atoms with Gasteiger partial charge in [0, 0.05) is 18.5 Å². The van der Waals surface area contributed by atoms with Gasteiger partial charge in [0.15, 0.2) is 0 Å². The summed E-state index contributed by atoms with van der Waals surface area (Å²) >= 11 is 0. The van der Waals surface area contributed by atoms with E-state index in [1.807, 2.05) is 0 Å². The van der Waals surface area contributed by atoms with E-state index < -0.39 is 0 Å². The zero-order valence-corrected chi connectivity index (χ0v) is 14.7. The molecule has 0 spiro atoms. The number of amides is 1. The van der Waals surface area contributed by atoms with Gasteiger partial charge in [-0.2, -0.15) is 0 Å². The monoisotopic (exact) mass is 303 g/mol. The Labute approximate surface area is 136 Å². The van der Waals surface area contributed by atoms with Gasteiger partial charge in [-0.3, -0.25) is 4.79 Å². The number of hydrogen-bond donors (Lipinski definition) is 0. The van der Waals surface area contributed by atoms with Crippen LogP contribution in [0, 0.1) is 29.1 Å². The van der Waals surface area contributed by atoms with E-state index in [0.717, 1.165) is 24.2 Å². The normalized spacial score (nSPS) is 41.0. The first-order valence-corrected chi connectivity index (χ1v) is 9.77. The Bertz CT molecular complexity index is 415. The van der Waals surface area contributed by atoms with Crippen molar-refractivity contribution in [2.24, 2.45) is 29.1 Å². The van der Waals surface area contributed by atoms with Gasteiger partial charge in [0.05, 0.1) is 0 Å². The van der Waals surface area contributed by atoms with Crippen LogP contribution in [-0.4, -0.2) is 22.9 Å². The third-order valence-electron chi connectivity index (χ3n) is 7.32. The average molecular weight is 303 g/mol. The largest absolute Gasteiger partial charge is 0.337 e. The van der Waals surface area contributed by atoms with E-state index in [1.54, 1.807) is 0 Å². The Kier molecular flexibility index (Phi) is 3.58. The van der Waals surface area contributed by atoms with Crippen LogP contribution in [0.1, 0.15) is 78.6 Å². The lowest BCUT2D eigenvalue weighted by atomic mass is 9.49. The van der Waals surface area contributed by atoms with E-state index in [0.29, 0.717) is 29.3 Å². The molecule has 4 bridgehead atoms. The molecule has 0 aromatic carbocycles. The topological polar surface area (TPSA) is 20.3 Å². The van der Waals surface area contributed by atoms with Gasteiger partial charge >= 0.3 is 0 Å². The van der Waals surface area contributed by atoms with Crippen molar-refractivity contribution in [1.82, 2.24) is 4.90 Å². The first-order chi connectivity index (χ1) is 10.5. The van der Waals surface area contributed by atoms with Crippen LogP contribution in [0.5, 0.6) is 0 Å². The van der Waals surface area contributed by atoms with Crippen molar-refractivity contribution in [2.45, 2.75) is 90.6 Å². The van der Waals surface area contributed by atoms with Gasteiger partial charge in [-0.25, -0.2) is 0 Å². The van der Waals surface area contributed by atoms with Crippen molar-refractivity contribution in [3.05, 3.63) is 0 Å². The Balaban J connectivity index is 1.49. The van der Waals surface area contributed by atoms with E-state index in [1.165, 1.54) is 51.4 Å². The minimum absolute atomic E-state index is 0.398. The molecule has 124 valence electrons. The highest BCUT2D eigenvalue weighted by Gasteiger charge is 2.52. The molecule has 0 aliphatic heterocycles. The van der Waals surface area contributed by atoms with E-state index in [9.17, 15) is 4.79 Å². The second kappa shape index (κ2) is 5.24. The molecule has 0 saturated heterocycles.